The maximum absolute atomic E-state index is 5.77. The SMILES string of the molecule is CNc1ncc(C)c(N(C)CC2CCCCO2)n1. The number of anilines is 2. The van der Waals surface area contributed by atoms with Gasteiger partial charge in [0.1, 0.15) is 5.82 Å². The first-order valence-corrected chi connectivity index (χ1v) is 6.55. The molecule has 0 bridgehead atoms. The molecular weight excluding hydrogens is 228 g/mol. The summed E-state index contributed by atoms with van der Waals surface area (Å²) >= 11 is 0. The van der Waals surface area contributed by atoms with Crippen LogP contribution in [0.5, 0.6) is 0 Å². The Kier molecular flexibility index (Phi) is 4.36. The molecule has 1 atom stereocenters. The number of aromatic nitrogens is 2. The molecule has 5 heteroatoms. The fourth-order valence-electron chi connectivity index (χ4n) is 2.28. The van der Waals surface area contributed by atoms with E-state index in [0.717, 1.165) is 31.0 Å². The number of nitrogens with one attached hydrogen (secondary N) is 1. The molecule has 1 aliphatic heterocycles. The normalized spacial score (nSPS) is 19.6. The van der Waals surface area contributed by atoms with Crippen molar-refractivity contribution in [1.29, 1.82) is 0 Å². The summed E-state index contributed by atoms with van der Waals surface area (Å²) < 4.78 is 5.77. The number of aryl methyl sites for hydroxylation is 1. The van der Waals surface area contributed by atoms with Crippen LogP contribution in [0.25, 0.3) is 0 Å². The lowest BCUT2D eigenvalue weighted by Gasteiger charge is -2.28. The van der Waals surface area contributed by atoms with Gasteiger partial charge in [0.05, 0.1) is 6.10 Å². The van der Waals surface area contributed by atoms with Crippen LogP contribution in [0.2, 0.25) is 0 Å². The van der Waals surface area contributed by atoms with Gasteiger partial charge in [-0.25, -0.2) is 4.98 Å². The predicted molar refractivity (Wildman–Crippen MR) is 73.2 cm³/mol. The van der Waals surface area contributed by atoms with Crippen LogP contribution in [0, 0.1) is 6.92 Å². The Morgan fingerprint density at radius 3 is 3.00 bits per heavy atom. The molecule has 5 nitrogen and oxygen atoms in total. The van der Waals surface area contributed by atoms with Gasteiger partial charge in [-0.2, -0.15) is 4.98 Å². The van der Waals surface area contributed by atoms with Crippen LogP contribution in [0.4, 0.5) is 11.8 Å². The van der Waals surface area contributed by atoms with Crippen LogP contribution in [0.15, 0.2) is 6.20 Å². The van der Waals surface area contributed by atoms with Crippen LogP contribution in [-0.2, 0) is 4.74 Å². The van der Waals surface area contributed by atoms with E-state index in [1.807, 2.05) is 20.2 Å². The Balaban J connectivity index is 2.04. The molecule has 1 fully saturated rings. The second kappa shape index (κ2) is 6.00. The summed E-state index contributed by atoms with van der Waals surface area (Å²) in [4.78, 5) is 10.9. The minimum absolute atomic E-state index is 0.330. The Morgan fingerprint density at radius 2 is 2.33 bits per heavy atom. The summed E-state index contributed by atoms with van der Waals surface area (Å²) in [7, 11) is 3.89. The molecule has 0 aromatic carbocycles. The van der Waals surface area contributed by atoms with E-state index in [4.69, 9.17) is 4.74 Å². The van der Waals surface area contributed by atoms with Gasteiger partial charge in [-0.15, -0.1) is 0 Å². The first-order chi connectivity index (χ1) is 8.70. The third kappa shape index (κ3) is 3.10. The molecule has 1 unspecified atom stereocenters. The lowest BCUT2D eigenvalue weighted by molar-refractivity contribution is 0.0215. The molecule has 1 aromatic heterocycles. The van der Waals surface area contributed by atoms with Crippen LogP contribution >= 0.6 is 0 Å². The zero-order valence-corrected chi connectivity index (χ0v) is 11.4. The Labute approximate surface area is 109 Å². The monoisotopic (exact) mass is 250 g/mol. The number of nitrogens with zero attached hydrogens (tertiary/aromatic N) is 3. The summed E-state index contributed by atoms with van der Waals surface area (Å²) in [6.07, 6.45) is 5.79. The highest BCUT2D eigenvalue weighted by Crippen LogP contribution is 2.19. The first-order valence-electron chi connectivity index (χ1n) is 6.55. The molecule has 0 amide bonds. The Bertz CT molecular complexity index is 391. The van der Waals surface area contributed by atoms with Crippen molar-refractivity contribution in [3.63, 3.8) is 0 Å². The quantitative estimate of drug-likeness (QED) is 0.883. The predicted octanol–water partition coefficient (Wildman–Crippen LogP) is 1.83. The summed E-state index contributed by atoms with van der Waals surface area (Å²) in [6, 6.07) is 0. The lowest BCUT2D eigenvalue weighted by Crippen LogP contribution is -2.34. The van der Waals surface area contributed by atoms with Gasteiger partial charge in [-0.1, -0.05) is 0 Å². The van der Waals surface area contributed by atoms with E-state index < -0.39 is 0 Å². The largest absolute Gasteiger partial charge is 0.376 e. The zero-order valence-electron chi connectivity index (χ0n) is 11.4. The third-order valence-corrected chi connectivity index (χ3v) is 3.28. The zero-order chi connectivity index (χ0) is 13.0. The smallest absolute Gasteiger partial charge is 0.224 e. The topological polar surface area (TPSA) is 50.3 Å². The van der Waals surface area contributed by atoms with Gasteiger partial charge in [0.25, 0.3) is 0 Å². The summed E-state index contributed by atoms with van der Waals surface area (Å²) in [6.45, 7) is 3.82. The fourth-order valence-corrected chi connectivity index (χ4v) is 2.28. The molecule has 1 aliphatic rings. The van der Waals surface area contributed by atoms with E-state index in [-0.39, 0.29) is 0 Å². The van der Waals surface area contributed by atoms with Crippen molar-refractivity contribution in [3.8, 4) is 0 Å². The second-order valence-corrected chi connectivity index (χ2v) is 4.82. The van der Waals surface area contributed by atoms with Crippen molar-refractivity contribution < 1.29 is 4.74 Å². The van der Waals surface area contributed by atoms with Crippen LogP contribution in [0.3, 0.4) is 0 Å². The van der Waals surface area contributed by atoms with Crippen molar-refractivity contribution in [3.05, 3.63) is 11.8 Å². The molecule has 2 rings (SSSR count). The summed E-state index contributed by atoms with van der Waals surface area (Å²) in [5, 5.41) is 2.97. The van der Waals surface area contributed by atoms with E-state index in [9.17, 15) is 0 Å². The molecule has 1 aromatic rings. The first kappa shape index (κ1) is 13.1. The fraction of sp³-hybridized carbons (Fsp3) is 0.692. The molecule has 0 radical (unpaired) electrons. The molecular formula is C13H22N4O. The maximum Gasteiger partial charge on any atom is 0.224 e. The number of rotatable bonds is 4. The number of hydrogen-bond donors (Lipinski definition) is 1. The second-order valence-electron chi connectivity index (χ2n) is 4.82. The van der Waals surface area contributed by atoms with Crippen LogP contribution in [0.1, 0.15) is 24.8 Å². The molecule has 18 heavy (non-hydrogen) atoms. The average molecular weight is 250 g/mol. The summed E-state index contributed by atoms with van der Waals surface area (Å²) in [5.74, 6) is 1.63. The van der Waals surface area contributed by atoms with Gasteiger partial charge >= 0.3 is 0 Å². The molecule has 1 saturated heterocycles. The van der Waals surface area contributed by atoms with E-state index >= 15 is 0 Å². The van der Waals surface area contributed by atoms with Crippen molar-refractivity contribution in [2.45, 2.75) is 32.3 Å². The van der Waals surface area contributed by atoms with Crippen molar-refractivity contribution in [2.24, 2.45) is 0 Å². The Hall–Kier alpha value is -1.36. The van der Waals surface area contributed by atoms with Crippen LogP contribution in [-0.4, -0.2) is 43.3 Å². The van der Waals surface area contributed by atoms with E-state index in [1.54, 1.807) is 0 Å². The number of ether oxygens (including phenoxy) is 1. The van der Waals surface area contributed by atoms with E-state index in [2.05, 4.69) is 27.2 Å². The molecule has 1 N–H and O–H groups in total. The number of likely N-dealkylation sites (N-methyl/N-ethyl adjacent to an activating group) is 1. The molecule has 0 spiro atoms. The minimum atomic E-state index is 0.330. The van der Waals surface area contributed by atoms with Crippen molar-refractivity contribution >= 4 is 11.8 Å². The Morgan fingerprint density at radius 1 is 1.50 bits per heavy atom. The van der Waals surface area contributed by atoms with Crippen molar-refractivity contribution in [1.82, 2.24) is 9.97 Å². The molecule has 2 heterocycles. The average Bonchev–Trinajstić information content (AvgIpc) is 2.40. The van der Waals surface area contributed by atoms with E-state index in [1.165, 1.54) is 12.8 Å². The molecule has 100 valence electrons. The highest BCUT2D eigenvalue weighted by Gasteiger charge is 2.18. The highest BCUT2D eigenvalue weighted by molar-refractivity contribution is 5.48. The van der Waals surface area contributed by atoms with Gasteiger partial charge in [0, 0.05) is 39.0 Å². The third-order valence-electron chi connectivity index (χ3n) is 3.28. The maximum atomic E-state index is 5.77. The van der Waals surface area contributed by atoms with Gasteiger partial charge in [0.15, 0.2) is 0 Å². The number of hydrogen-bond acceptors (Lipinski definition) is 5. The highest BCUT2D eigenvalue weighted by atomic mass is 16.5. The molecule has 0 aliphatic carbocycles. The van der Waals surface area contributed by atoms with Gasteiger partial charge in [-0.3, -0.25) is 0 Å². The van der Waals surface area contributed by atoms with Crippen LogP contribution < -0.4 is 10.2 Å². The van der Waals surface area contributed by atoms with Gasteiger partial charge < -0.3 is 15.0 Å². The molecule has 0 saturated carbocycles. The minimum Gasteiger partial charge on any atom is -0.376 e. The van der Waals surface area contributed by atoms with Gasteiger partial charge in [-0.05, 0) is 26.2 Å². The van der Waals surface area contributed by atoms with E-state index in [0.29, 0.717) is 12.1 Å². The van der Waals surface area contributed by atoms with Gasteiger partial charge in [0.2, 0.25) is 5.95 Å². The van der Waals surface area contributed by atoms with Crippen molar-refractivity contribution in [2.75, 3.05) is 37.5 Å². The lowest BCUT2D eigenvalue weighted by atomic mass is 10.1. The summed E-state index contributed by atoms with van der Waals surface area (Å²) in [5.41, 5.74) is 1.09. The standard InChI is InChI=1S/C13H22N4O/c1-10-8-15-13(14-2)16-12(10)17(3)9-11-6-4-5-7-18-11/h8,11H,4-7,9H2,1-3H3,(H,14,15,16).